The summed E-state index contributed by atoms with van der Waals surface area (Å²) in [5.74, 6) is 0.667. The molecule has 0 aliphatic carbocycles. The molecule has 1 amide bonds. The second-order valence-corrected chi connectivity index (χ2v) is 6.38. The fourth-order valence-electron chi connectivity index (χ4n) is 3.08. The molecule has 7 heteroatoms. The lowest BCUT2D eigenvalue weighted by Crippen LogP contribution is -2.30. The maximum Gasteiger partial charge on any atom is 0.299 e. The van der Waals surface area contributed by atoms with Crippen molar-refractivity contribution in [1.82, 2.24) is 20.1 Å². The Morgan fingerprint density at radius 3 is 2.64 bits per heavy atom. The average molecular weight is 375 g/mol. The molecule has 7 nitrogen and oxygen atoms in total. The molecule has 0 atom stereocenters. The summed E-state index contributed by atoms with van der Waals surface area (Å²) in [5, 5.41) is 11.1. The molecular formula is C21H21N5O2. The van der Waals surface area contributed by atoms with Gasteiger partial charge in [-0.2, -0.15) is 5.10 Å². The van der Waals surface area contributed by atoms with Crippen LogP contribution in [0.25, 0.3) is 22.2 Å². The van der Waals surface area contributed by atoms with E-state index in [1.54, 1.807) is 17.3 Å². The SMILES string of the molecule is CCN(CC)C(=O)c1ccc(-c2cnc(Nc3ccc4[nH]ncc4c3)o2)cc1. The summed E-state index contributed by atoms with van der Waals surface area (Å²) >= 11 is 0. The van der Waals surface area contributed by atoms with Gasteiger partial charge in [-0.15, -0.1) is 0 Å². The molecule has 0 radical (unpaired) electrons. The lowest BCUT2D eigenvalue weighted by atomic mass is 10.1. The van der Waals surface area contributed by atoms with Crippen molar-refractivity contribution in [3.05, 3.63) is 60.4 Å². The normalized spacial score (nSPS) is 10.9. The number of nitrogens with one attached hydrogen (secondary N) is 2. The highest BCUT2D eigenvalue weighted by Gasteiger charge is 2.13. The minimum Gasteiger partial charge on any atom is -0.423 e. The monoisotopic (exact) mass is 375 g/mol. The quantitative estimate of drug-likeness (QED) is 0.520. The predicted molar refractivity (Wildman–Crippen MR) is 109 cm³/mol. The van der Waals surface area contributed by atoms with Gasteiger partial charge in [-0.1, -0.05) is 12.1 Å². The molecule has 2 N–H and O–H groups in total. The number of rotatable bonds is 6. The van der Waals surface area contributed by atoms with E-state index in [1.807, 2.05) is 56.3 Å². The van der Waals surface area contributed by atoms with Crippen molar-refractivity contribution in [2.45, 2.75) is 13.8 Å². The Morgan fingerprint density at radius 2 is 1.89 bits per heavy atom. The first kappa shape index (κ1) is 17.8. The van der Waals surface area contributed by atoms with Gasteiger partial charge >= 0.3 is 0 Å². The van der Waals surface area contributed by atoms with E-state index >= 15 is 0 Å². The Morgan fingerprint density at radius 1 is 1.11 bits per heavy atom. The molecule has 0 aliphatic heterocycles. The number of oxazole rings is 1. The zero-order valence-corrected chi connectivity index (χ0v) is 15.8. The van der Waals surface area contributed by atoms with Gasteiger partial charge in [0.05, 0.1) is 17.9 Å². The Balaban J connectivity index is 1.50. The molecule has 2 aromatic carbocycles. The fourth-order valence-corrected chi connectivity index (χ4v) is 3.08. The van der Waals surface area contributed by atoms with E-state index in [0.717, 1.165) is 22.2 Å². The van der Waals surface area contributed by atoms with Crippen LogP contribution in [0.2, 0.25) is 0 Å². The summed E-state index contributed by atoms with van der Waals surface area (Å²) in [7, 11) is 0. The van der Waals surface area contributed by atoms with Crippen LogP contribution in [0.15, 0.2) is 59.3 Å². The highest BCUT2D eigenvalue weighted by molar-refractivity contribution is 5.94. The van der Waals surface area contributed by atoms with E-state index in [2.05, 4.69) is 20.5 Å². The van der Waals surface area contributed by atoms with E-state index in [4.69, 9.17) is 4.42 Å². The number of nitrogens with zero attached hydrogens (tertiary/aromatic N) is 3. The molecule has 4 aromatic rings. The highest BCUT2D eigenvalue weighted by atomic mass is 16.4. The van der Waals surface area contributed by atoms with Crippen molar-refractivity contribution < 1.29 is 9.21 Å². The third kappa shape index (κ3) is 3.46. The summed E-state index contributed by atoms with van der Waals surface area (Å²) < 4.78 is 5.82. The van der Waals surface area contributed by atoms with Gasteiger partial charge in [0.2, 0.25) is 0 Å². The Labute approximate surface area is 162 Å². The van der Waals surface area contributed by atoms with Crippen LogP contribution < -0.4 is 5.32 Å². The van der Waals surface area contributed by atoms with Crippen molar-refractivity contribution >= 4 is 28.5 Å². The number of aromatic amines is 1. The predicted octanol–water partition coefficient (Wildman–Crippen LogP) is 4.44. The van der Waals surface area contributed by atoms with Crippen molar-refractivity contribution in [1.29, 1.82) is 0 Å². The number of hydrogen-bond donors (Lipinski definition) is 2. The first-order chi connectivity index (χ1) is 13.7. The number of amides is 1. The Bertz CT molecular complexity index is 1090. The van der Waals surface area contributed by atoms with Gasteiger partial charge in [0.25, 0.3) is 11.9 Å². The molecule has 0 bridgehead atoms. The molecule has 142 valence electrons. The molecule has 0 saturated carbocycles. The average Bonchev–Trinajstić information content (AvgIpc) is 3.38. The molecule has 0 unspecified atom stereocenters. The zero-order chi connectivity index (χ0) is 19.5. The second kappa shape index (κ2) is 7.56. The third-order valence-corrected chi connectivity index (χ3v) is 4.66. The van der Waals surface area contributed by atoms with E-state index in [-0.39, 0.29) is 5.91 Å². The molecule has 0 saturated heterocycles. The van der Waals surface area contributed by atoms with Crippen molar-refractivity contribution in [3.63, 3.8) is 0 Å². The van der Waals surface area contributed by atoms with Gasteiger partial charge in [-0.05, 0) is 44.2 Å². The van der Waals surface area contributed by atoms with E-state index in [0.29, 0.717) is 30.4 Å². The van der Waals surface area contributed by atoms with Crippen LogP contribution in [0.1, 0.15) is 24.2 Å². The van der Waals surface area contributed by atoms with Crippen molar-refractivity contribution in [2.24, 2.45) is 0 Å². The number of H-pyrrole nitrogens is 1. The highest BCUT2D eigenvalue weighted by Crippen LogP contribution is 2.26. The second-order valence-electron chi connectivity index (χ2n) is 6.38. The van der Waals surface area contributed by atoms with Crippen LogP contribution >= 0.6 is 0 Å². The van der Waals surface area contributed by atoms with Crippen molar-refractivity contribution in [3.8, 4) is 11.3 Å². The minimum atomic E-state index is 0.0334. The maximum atomic E-state index is 12.4. The fraction of sp³-hybridized carbons (Fsp3) is 0.190. The molecule has 0 fully saturated rings. The molecule has 0 aliphatic rings. The van der Waals surface area contributed by atoms with Crippen LogP contribution in [0.5, 0.6) is 0 Å². The van der Waals surface area contributed by atoms with Gasteiger partial charge in [0.15, 0.2) is 5.76 Å². The maximum absolute atomic E-state index is 12.4. The number of anilines is 2. The van der Waals surface area contributed by atoms with Crippen LogP contribution in [-0.4, -0.2) is 39.1 Å². The summed E-state index contributed by atoms with van der Waals surface area (Å²) in [6.07, 6.45) is 3.43. The Kier molecular flexibility index (Phi) is 4.80. The number of carbonyl (C=O) groups excluding carboxylic acids is 1. The van der Waals surface area contributed by atoms with Gasteiger partial charge in [0, 0.05) is 35.3 Å². The lowest BCUT2D eigenvalue weighted by Gasteiger charge is -2.18. The summed E-state index contributed by atoms with van der Waals surface area (Å²) in [5.41, 5.74) is 3.36. The first-order valence-corrected chi connectivity index (χ1v) is 9.23. The summed E-state index contributed by atoms with van der Waals surface area (Å²) in [6, 6.07) is 13.6. The standard InChI is InChI=1S/C21H21N5O2/c1-3-26(4-2)20(27)15-7-5-14(6-8-15)19-13-22-21(28-19)24-17-9-10-18-16(11-17)12-23-25-18/h5-13H,3-4H2,1-2H3,(H,22,24)(H,23,25). The summed E-state index contributed by atoms with van der Waals surface area (Å²) in [4.78, 5) is 18.5. The third-order valence-electron chi connectivity index (χ3n) is 4.66. The van der Waals surface area contributed by atoms with E-state index in [1.165, 1.54) is 0 Å². The smallest absolute Gasteiger partial charge is 0.299 e. The van der Waals surface area contributed by atoms with E-state index < -0.39 is 0 Å². The van der Waals surface area contributed by atoms with Gasteiger partial charge < -0.3 is 14.6 Å². The number of aromatic nitrogens is 3. The number of benzene rings is 2. The molecule has 2 aromatic heterocycles. The van der Waals surface area contributed by atoms with Gasteiger partial charge in [0.1, 0.15) is 0 Å². The lowest BCUT2D eigenvalue weighted by molar-refractivity contribution is 0.0773. The number of hydrogen-bond acceptors (Lipinski definition) is 5. The molecule has 4 rings (SSSR count). The van der Waals surface area contributed by atoms with Gasteiger partial charge in [-0.25, -0.2) is 4.98 Å². The Hall–Kier alpha value is -3.61. The largest absolute Gasteiger partial charge is 0.423 e. The topological polar surface area (TPSA) is 87.0 Å². The molecule has 28 heavy (non-hydrogen) atoms. The number of fused-ring (bicyclic) bond motifs is 1. The van der Waals surface area contributed by atoms with E-state index in [9.17, 15) is 4.79 Å². The molecule has 0 spiro atoms. The number of carbonyl (C=O) groups is 1. The van der Waals surface area contributed by atoms with Crippen LogP contribution in [0, 0.1) is 0 Å². The molecular weight excluding hydrogens is 354 g/mol. The van der Waals surface area contributed by atoms with Crippen LogP contribution in [0.3, 0.4) is 0 Å². The minimum absolute atomic E-state index is 0.0334. The first-order valence-electron chi connectivity index (χ1n) is 9.23. The van der Waals surface area contributed by atoms with Crippen LogP contribution in [0.4, 0.5) is 11.7 Å². The summed E-state index contributed by atoms with van der Waals surface area (Å²) in [6.45, 7) is 5.34. The van der Waals surface area contributed by atoms with Crippen molar-refractivity contribution in [2.75, 3.05) is 18.4 Å². The van der Waals surface area contributed by atoms with Gasteiger partial charge in [-0.3, -0.25) is 9.89 Å². The van der Waals surface area contributed by atoms with Crippen LogP contribution in [-0.2, 0) is 0 Å². The zero-order valence-electron chi connectivity index (χ0n) is 15.8. The molecule has 2 heterocycles.